The first-order chi connectivity index (χ1) is 9.81. The minimum absolute atomic E-state index is 0.0233. The molecule has 0 aliphatic carbocycles. The monoisotopic (exact) mass is 322 g/mol. The molecule has 0 spiro atoms. The first-order valence-corrected chi connectivity index (χ1v) is 7.14. The van der Waals surface area contributed by atoms with E-state index in [1.807, 2.05) is 6.92 Å². The van der Waals surface area contributed by atoms with Crippen LogP contribution >= 0.6 is 11.8 Å². The lowest BCUT2D eigenvalue weighted by Gasteiger charge is -2.14. The van der Waals surface area contributed by atoms with Crippen LogP contribution in [0, 0.1) is 5.92 Å². The number of alkyl halides is 3. The van der Waals surface area contributed by atoms with Gasteiger partial charge in [0.05, 0.1) is 5.69 Å². The van der Waals surface area contributed by atoms with Gasteiger partial charge in [0.25, 0.3) is 0 Å². The standard InChI is InChI=1S/C13H17F3N2O2S/c1-9(6-7-19)8-17-12(20)18-10-4-2-3-5-11(10)21-13(14,15)16/h2-5,9,19H,6-8H2,1H3,(H2,17,18,20). The van der Waals surface area contributed by atoms with Gasteiger partial charge in [-0.3, -0.25) is 0 Å². The van der Waals surface area contributed by atoms with Crippen molar-refractivity contribution in [3.63, 3.8) is 0 Å². The van der Waals surface area contributed by atoms with Gasteiger partial charge in [-0.1, -0.05) is 19.1 Å². The Labute approximate surface area is 125 Å². The minimum Gasteiger partial charge on any atom is -0.396 e. The van der Waals surface area contributed by atoms with Gasteiger partial charge in [-0.2, -0.15) is 13.2 Å². The highest BCUT2D eigenvalue weighted by Gasteiger charge is 2.30. The Morgan fingerprint density at radius 2 is 2.05 bits per heavy atom. The van der Waals surface area contributed by atoms with Crippen LogP contribution in [0.25, 0.3) is 0 Å². The van der Waals surface area contributed by atoms with Crippen molar-refractivity contribution in [2.45, 2.75) is 23.7 Å². The largest absolute Gasteiger partial charge is 0.446 e. The normalized spacial score (nSPS) is 12.8. The Balaban J connectivity index is 2.60. The summed E-state index contributed by atoms with van der Waals surface area (Å²) in [6, 6.07) is 5.15. The van der Waals surface area contributed by atoms with Gasteiger partial charge in [-0.15, -0.1) is 0 Å². The lowest BCUT2D eigenvalue weighted by atomic mass is 10.1. The fraction of sp³-hybridized carbons (Fsp3) is 0.462. The van der Waals surface area contributed by atoms with Crippen molar-refractivity contribution in [2.24, 2.45) is 5.92 Å². The van der Waals surface area contributed by atoms with Gasteiger partial charge < -0.3 is 15.7 Å². The summed E-state index contributed by atoms with van der Waals surface area (Å²) < 4.78 is 37.2. The number of amides is 2. The minimum atomic E-state index is -4.41. The molecule has 0 saturated carbocycles. The molecule has 0 aliphatic rings. The molecule has 1 atom stereocenters. The van der Waals surface area contributed by atoms with Crippen molar-refractivity contribution in [1.29, 1.82) is 0 Å². The van der Waals surface area contributed by atoms with E-state index in [4.69, 9.17) is 5.11 Å². The van der Waals surface area contributed by atoms with E-state index in [1.165, 1.54) is 18.2 Å². The highest BCUT2D eigenvalue weighted by atomic mass is 32.2. The highest BCUT2D eigenvalue weighted by Crippen LogP contribution is 2.40. The molecule has 0 heterocycles. The van der Waals surface area contributed by atoms with Crippen molar-refractivity contribution in [3.05, 3.63) is 24.3 Å². The molecule has 1 aromatic carbocycles. The Bertz CT molecular complexity index is 469. The Morgan fingerprint density at radius 1 is 1.38 bits per heavy atom. The van der Waals surface area contributed by atoms with E-state index in [-0.39, 0.29) is 34.9 Å². The molecule has 0 radical (unpaired) electrons. The van der Waals surface area contributed by atoms with Crippen LogP contribution in [0.3, 0.4) is 0 Å². The van der Waals surface area contributed by atoms with Gasteiger partial charge in [0.2, 0.25) is 0 Å². The zero-order valence-electron chi connectivity index (χ0n) is 11.4. The summed E-state index contributed by atoms with van der Waals surface area (Å²) in [6.45, 7) is 2.21. The number of rotatable bonds is 6. The Morgan fingerprint density at radius 3 is 2.67 bits per heavy atom. The molecule has 21 heavy (non-hydrogen) atoms. The fourth-order valence-electron chi connectivity index (χ4n) is 1.54. The number of halogens is 3. The van der Waals surface area contributed by atoms with Crippen LogP contribution in [0.5, 0.6) is 0 Å². The van der Waals surface area contributed by atoms with Gasteiger partial charge >= 0.3 is 11.5 Å². The van der Waals surface area contributed by atoms with E-state index in [2.05, 4.69) is 10.6 Å². The number of anilines is 1. The number of para-hydroxylation sites is 1. The van der Waals surface area contributed by atoms with Crippen LogP contribution < -0.4 is 10.6 Å². The predicted octanol–water partition coefficient (Wildman–Crippen LogP) is 3.44. The molecule has 0 aliphatic heterocycles. The molecule has 0 saturated heterocycles. The molecule has 0 aromatic heterocycles. The highest BCUT2D eigenvalue weighted by molar-refractivity contribution is 8.00. The average molecular weight is 322 g/mol. The van der Waals surface area contributed by atoms with Crippen molar-refractivity contribution in [2.75, 3.05) is 18.5 Å². The van der Waals surface area contributed by atoms with Crippen LogP contribution in [0.15, 0.2) is 29.2 Å². The second-order valence-electron chi connectivity index (χ2n) is 4.50. The van der Waals surface area contributed by atoms with Crippen molar-refractivity contribution < 1.29 is 23.1 Å². The van der Waals surface area contributed by atoms with Gasteiger partial charge in [0.1, 0.15) is 0 Å². The van der Waals surface area contributed by atoms with E-state index >= 15 is 0 Å². The topological polar surface area (TPSA) is 61.4 Å². The molecular weight excluding hydrogens is 305 g/mol. The number of benzene rings is 1. The zero-order valence-corrected chi connectivity index (χ0v) is 12.2. The SMILES string of the molecule is CC(CCO)CNC(=O)Nc1ccccc1SC(F)(F)F. The van der Waals surface area contributed by atoms with Crippen molar-refractivity contribution >= 4 is 23.5 Å². The third kappa shape index (κ3) is 7.24. The quantitative estimate of drug-likeness (QED) is 0.703. The van der Waals surface area contributed by atoms with Gasteiger partial charge in [0.15, 0.2) is 0 Å². The average Bonchev–Trinajstić information content (AvgIpc) is 2.37. The summed E-state index contributed by atoms with van der Waals surface area (Å²) >= 11 is -0.274. The number of carbonyl (C=O) groups is 1. The molecule has 118 valence electrons. The van der Waals surface area contributed by atoms with Gasteiger partial charge in [-0.25, -0.2) is 4.79 Å². The van der Waals surface area contributed by atoms with E-state index in [0.29, 0.717) is 13.0 Å². The molecule has 1 unspecified atom stereocenters. The van der Waals surface area contributed by atoms with Crippen LogP contribution in [0.2, 0.25) is 0 Å². The Kier molecular flexibility index (Phi) is 6.83. The third-order valence-corrected chi connectivity index (χ3v) is 3.40. The van der Waals surface area contributed by atoms with Crippen molar-refractivity contribution in [3.8, 4) is 0 Å². The van der Waals surface area contributed by atoms with Crippen molar-refractivity contribution in [1.82, 2.24) is 5.32 Å². The molecule has 1 rings (SSSR count). The third-order valence-electron chi connectivity index (χ3n) is 2.59. The molecule has 0 fully saturated rings. The van der Waals surface area contributed by atoms with Gasteiger partial charge in [-0.05, 0) is 36.2 Å². The summed E-state index contributed by atoms with van der Waals surface area (Å²) in [7, 11) is 0. The number of aliphatic hydroxyl groups excluding tert-OH is 1. The molecule has 8 heteroatoms. The Hall–Kier alpha value is -1.41. The summed E-state index contributed by atoms with van der Waals surface area (Å²) in [5.74, 6) is 0.0838. The maximum atomic E-state index is 12.4. The second-order valence-corrected chi connectivity index (χ2v) is 5.60. The lowest BCUT2D eigenvalue weighted by molar-refractivity contribution is -0.0328. The van der Waals surface area contributed by atoms with Crippen LogP contribution in [-0.2, 0) is 0 Å². The fourth-order valence-corrected chi connectivity index (χ4v) is 2.16. The van der Waals surface area contributed by atoms with E-state index in [0.717, 1.165) is 0 Å². The van der Waals surface area contributed by atoms with E-state index < -0.39 is 11.5 Å². The van der Waals surface area contributed by atoms with Gasteiger partial charge in [0, 0.05) is 18.0 Å². The molecular formula is C13H17F3N2O2S. The van der Waals surface area contributed by atoms with Crippen LogP contribution in [0.1, 0.15) is 13.3 Å². The number of hydrogen-bond donors (Lipinski definition) is 3. The smallest absolute Gasteiger partial charge is 0.396 e. The first kappa shape index (κ1) is 17.6. The van der Waals surface area contributed by atoms with E-state index in [9.17, 15) is 18.0 Å². The molecule has 0 bridgehead atoms. The summed E-state index contributed by atoms with van der Waals surface area (Å²) in [5.41, 5.74) is -4.31. The maximum absolute atomic E-state index is 12.4. The molecule has 2 amide bonds. The molecule has 3 N–H and O–H groups in total. The summed E-state index contributed by atoms with van der Waals surface area (Å²) in [6.07, 6.45) is 0.542. The number of urea groups is 1. The lowest BCUT2D eigenvalue weighted by Crippen LogP contribution is -2.32. The maximum Gasteiger partial charge on any atom is 0.446 e. The van der Waals surface area contributed by atoms with Crippen LogP contribution in [0.4, 0.5) is 23.7 Å². The summed E-state index contributed by atoms with van der Waals surface area (Å²) in [5, 5.41) is 13.7. The molecule has 4 nitrogen and oxygen atoms in total. The van der Waals surface area contributed by atoms with Crippen LogP contribution in [-0.4, -0.2) is 29.8 Å². The summed E-state index contributed by atoms with van der Waals surface area (Å²) in [4.78, 5) is 11.6. The number of thioether (sulfide) groups is 1. The number of nitrogens with one attached hydrogen (secondary N) is 2. The number of aliphatic hydroxyl groups is 1. The molecule has 1 aromatic rings. The van der Waals surface area contributed by atoms with E-state index in [1.54, 1.807) is 6.07 Å². The number of carbonyl (C=O) groups excluding carboxylic acids is 1. The number of hydrogen-bond acceptors (Lipinski definition) is 3. The zero-order chi connectivity index (χ0) is 15.9. The second kappa shape index (κ2) is 8.14. The predicted molar refractivity (Wildman–Crippen MR) is 76.2 cm³/mol. The first-order valence-electron chi connectivity index (χ1n) is 6.32.